The van der Waals surface area contributed by atoms with Crippen molar-refractivity contribution in [1.29, 1.82) is 0 Å². The molecule has 0 radical (unpaired) electrons. The monoisotopic (exact) mass is 282 g/mol. The summed E-state index contributed by atoms with van der Waals surface area (Å²) in [5.41, 5.74) is 0.478. The van der Waals surface area contributed by atoms with E-state index in [-0.39, 0.29) is 17.3 Å². The Kier molecular flexibility index (Phi) is 3.84. The van der Waals surface area contributed by atoms with Gasteiger partial charge in [0.2, 0.25) is 0 Å². The first-order valence-electron chi connectivity index (χ1n) is 5.87. The van der Waals surface area contributed by atoms with Crippen molar-refractivity contribution in [2.75, 3.05) is 13.2 Å². The highest BCUT2D eigenvalue weighted by Gasteiger charge is 2.30. The molecule has 7 heteroatoms. The topological polar surface area (TPSA) is 84.8 Å². The predicted molar refractivity (Wildman–Crippen MR) is 69.4 cm³/mol. The van der Waals surface area contributed by atoms with Crippen LogP contribution in [0.4, 0.5) is 0 Å². The molecular formula is C12H14N2O4S. The second-order valence-electron chi connectivity index (χ2n) is 3.99. The number of benzene rings is 1. The molecule has 0 aliphatic carbocycles. The van der Waals surface area contributed by atoms with Crippen molar-refractivity contribution >= 4 is 21.8 Å². The van der Waals surface area contributed by atoms with Crippen LogP contribution in [0.15, 0.2) is 34.2 Å². The van der Waals surface area contributed by atoms with Crippen molar-refractivity contribution < 1.29 is 17.9 Å². The smallest absolute Gasteiger partial charge is 0.327 e. The average molecular weight is 282 g/mol. The molecule has 1 heterocycles. The number of ether oxygens (including phenoxy) is 1. The molecule has 1 aliphatic rings. The van der Waals surface area contributed by atoms with Gasteiger partial charge in [-0.1, -0.05) is 19.1 Å². The summed E-state index contributed by atoms with van der Waals surface area (Å²) in [7, 11) is -3.55. The molecule has 1 N–H and O–H groups in total. The van der Waals surface area contributed by atoms with Crippen molar-refractivity contribution in [2.45, 2.75) is 18.2 Å². The van der Waals surface area contributed by atoms with Crippen LogP contribution < -0.4 is 4.72 Å². The third-order valence-electron chi connectivity index (χ3n) is 2.50. The van der Waals surface area contributed by atoms with Crippen molar-refractivity contribution in [3.05, 3.63) is 29.8 Å². The quantitative estimate of drug-likeness (QED) is 0.823. The Morgan fingerprint density at radius 2 is 2.11 bits per heavy atom. The highest BCUT2D eigenvalue weighted by molar-refractivity contribution is 7.90. The molecule has 0 fully saturated rings. The van der Waals surface area contributed by atoms with Gasteiger partial charge >= 0.3 is 5.97 Å². The molecule has 1 aliphatic heterocycles. The SMILES string of the molecule is CCCOC(=O)CN=C1NS(=O)(=O)c2ccccc21. The Morgan fingerprint density at radius 1 is 1.37 bits per heavy atom. The van der Waals surface area contributed by atoms with E-state index in [0.717, 1.165) is 6.42 Å². The van der Waals surface area contributed by atoms with E-state index in [4.69, 9.17) is 4.74 Å². The molecule has 6 nitrogen and oxygen atoms in total. The number of carbonyl (C=O) groups excluding carboxylic acids is 1. The lowest BCUT2D eigenvalue weighted by Gasteiger charge is -2.01. The van der Waals surface area contributed by atoms with Crippen LogP contribution >= 0.6 is 0 Å². The fraction of sp³-hybridized carbons (Fsp3) is 0.333. The third kappa shape index (κ3) is 2.93. The molecule has 0 amide bonds. The molecule has 19 heavy (non-hydrogen) atoms. The minimum Gasteiger partial charge on any atom is -0.464 e. The highest BCUT2D eigenvalue weighted by Crippen LogP contribution is 2.21. The summed E-state index contributed by atoms with van der Waals surface area (Å²) in [5, 5.41) is 0. The number of nitrogens with zero attached hydrogens (tertiary/aromatic N) is 1. The number of hydrogen-bond donors (Lipinski definition) is 1. The van der Waals surface area contributed by atoms with Crippen LogP contribution in [-0.4, -0.2) is 33.4 Å². The number of carbonyl (C=O) groups is 1. The molecule has 0 saturated heterocycles. The van der Waals surface area contributed by atoms with E-state index in [1.165, 1.54) is 6.07 Å². The Labute approximate surface area is 111 Å². The maximum Gasteiger partial charge on any atom is 0.327 e. The third-order valence-corrected chi connectivity index (χ3v) is 3.89. The molecule has 0 bridgehead atoms. The van der Waals surface area contributed by atoms with E-state index in [0.29, 0.717) is 12.2 Å². The predicted octanol–water partition coefficient (Wildman–Crippen LogP) is 0.678. The zero-order chi connectivity index (χ0) is 13.9. The van der Waals surface area contributed by atoms with Crippen LogP contribution in [0.1, 0.15) is 18.9 Å². The summed E-state index contributed by atoms with van der Waals surface area (Å²) in [6.45, 7) is 2.03. The Balaban J connectivity index is 2.17. The van der Waals surface area contributed by atoms with Gasteiger partial charge in [0.15, 0.2) is 0 Å². The first-order chi connectivity index (χ1) is 9.04. The van der Waals surface area contributed by atoms with Gasteiger partial charge in [-0.2, -0.15) is 0 Å². The number of hydrogen-bond acceptors (Lipinski definition) is 5. The molecule has 0 atom stereocenters. The summed E-state index contributed by atoms with van der Waals surface area (Å²) >= 11 is 0. The fourth-order valence-electron chi connectivity index (χ4n) is 1.66. The fourth-order valence-corrected chi connectivity index (χ4v) is 2.91. The molecule has 102 valence electrons. The number of rotatable bonds is 4. The first-order valence-corrected chi connectivity index (χ1v) is 7.35. The van der Waals surface area contributed by atoms with Gasteiger partial charge in [0, 0.05) is 5.56 Å². The normalized spacial score (nSPS) is 17.8. The van der Waals surface area contributed by atoms with Crippen molar-refractivity contribution in [3.8, 4) is 0 Å². The minimum absolute atomic E-state index is 0.177. The van der Waals surface area contributed by atoms with Gasteiger partial charge in [0.1, 0.15) is 12.4 Å². The number of fused-ring (bicyclic) bond motifs is 1. The molecular weight excluding hydrogens is 268 g/mol. The van der Waals surface area contributed by atoms with E-state index in [1.54, 1.807) is 18.2 Å². The second kappa shape index (κ2) is 5.40. The Hall–Kier alpha value is -1.89. The molecule has 1 aromatic carbocycles. The maximum atomic E-state index is 11.8. The van der Waals surface area contributed by atoms with Crippen molar-refractivity contribution in [3.63, 3.8) is 0 Å². The molecule has 0 aromatic heterocycles. The van der Waals surface area contributed by atoms with Gasteiger partial charge < -0.3 is 4.74 Å². The van der Waals surface area contributed by atoms with E-state index < -0.39 is 16.0 Å². The van der Waals surface area contributed by atoms with Crippen molar-refractivity contribution in [2.24, 2.45) is 4.99 Å². The summed E-state index contributed by atoms with van der Waals surface area (Å²) in [6, 6.07) is 6.49. The van der Waals surface area contributed by atoms with E-state index in [1.807, 2.05) is 6.92 Å². The largest absolute Gasteiger partial charge is 0.464 e. The van der Waals surface area contributed by atoms with Crippen LogP contribution in [0.3, 0.4) is 0 Å². The zero-order valence-corrected chi connectivity index (χ0v) is 11.2. The summed E-state index contributed by atoms with van der Waals surface area (Å²) in [6.07, 6.45) is 0.734. The number of sulfonamides is 1. The second-order valence-corrected chi connectivity index (χ2v) is 5.64. The van der Waals surface area contributed by atoms with Gasteiger partial charge in [0.25, 0.3) is 10.0 Å². The van der Waals surface area contributed by atoms with E-state index in [9.17, 15) is 13.2 Å². The molecule has 0 saturated carbocycles. The lowest BCUT2D eigenvalue weighted by molar-refractivity contribution is -0.141. The van der Waals surface area contributed by atoms with Gasteiger partial charge in [-0.15, -0.1) is 0 Å². The van der Waals surface area contributed by atoms with Crippen molar-refractivity contribution in [1.82, 2.24) is 4.72 Å². The average Bonchev–Trinajstić information content (AvgIpc) is 2.66. The molecule has 1 aromatic rings. The van der Waals surface area contributed by atoms with E-state index in [2.05, 4.69) is 9.71 Å². The highest BCUT2D eigenvalue weighted by atomic mass is 32.2. The number of nitrogens with one attached hydrogen (secondary N) is 1. The number of aliphatic imine (C=N–C) groups is 1. The number of esters is 1. The zero-order valence-electron chi connectivity index (χ0n) is 10.4. The molecule has 2 rings (SSSR count). The van der Waals surface area contributed by atoms with Crippen LogP contribution in [0.2, 0.25) is 0 Å². The summed E-state index contributed by atoms with van der Waals surface area (Å²) in [5.74, 6) is -0.290. The maximum absolute atomic E-state index is 11.8. The van der Waals surface area contributed by atoms with Crippen LogP contribution in [0.25, 0.3) is 0 Å². The Bertz CT molecular complexity index is 622. The van der Waals surface area contributed by atoms with Gasteiger partial charge in [-0.25, -0.2) is 8.42 Å². The van der Waals surface area contributed by atoms with E-state index >= 15 is 0 Å². The lowest BCUT2D eigenvalue weighted by Crippen LogP contribution is -2.23. The minimum atomic E-state index is -3.55. The molecule has 0 unspecified atom stereocenters. The standard InChI is InChI=1S/C12H14N2O4S/c1-2-7-18-11(15)8-13-12-9-5-3-4-6-10(9)19(16,17)14-12/h3-6H,2,7-8H2,1H3,(H,13,14). The number of amidine groups is 1. The summed E-state index contributed by atoms with van der Waals surface area (Å²) in [4.78, 5) is 15.5. The molecule has 0 spiro atoms. The van der Waals surface area contributed by atoms with Gasteiger partial charge in [-0.05, 0) is 18.6 Å². The van der Waals surface area contributed by atoms with Gasteiger partial charge in [-0.3, -0.25) is 14.5 Å². The summed E-state index contributed by atoms with van der Waals surface area (Å²) < 4.78 is 30.7. The van der Waals surface area contributed by atoms with Crippen LogP contribution in [-0.2, 0) is 19.6 Å². The Morgan fingerprint density at radius 3 is 2.84 bits per heavy atom. The lowest BCUT2D eigenvalue weighted by atomic mass is 10.2. The van der Waals surface area contributed by atoms with Gasteiger partial charge in [0.05, 0.1) is 11.5 Å². The first kappa shape index (κ1) is 13.5. The van der Waals surface area contributed by atoms with Crippen LogP contribution in [0, 0.1) is 0 Å². The van der Waals surface area contributed by atoms with Crippen LogP contribution in [0.5, 0.6) is 0 Å².